The third-order valence-corrected chi connectivity index (χ3v) is 9.80. The topological polar surface area (TPSA) is 96.5 Å². The minimum Gasteiger partial charge on any atom is -0.468 e. The highest BCUT2D eigenvalue weighted by Crippen LogP contribution is 2.31. The van der Waals surface area contributed by atoms with Crippen LogP contribution in [0, 0.1) is 0 Å². The summed E-state index contributed by atoms with van der Waals surface area (Å²) < 4.78 is 38.9. The Balaban J connectivity index is 1.41. The predicted molar refractivity (Wildman–Crippen MR) is 135 cm³/mol. The second-order valence-corrected chi connectivity index (χ2v) is 12.1. The van der Waals surface area contributed by atoms with E-state index >= 15 is 0 Å². The van der Waals surface area contributed by atoms with Crippen molar-refractivity contribution >= 4 is 33.7 Å². The standard InChI is InChI=1S/C25H36ClN3O6S/c1-34-24(30)23-7-5-6-21(29(23)36(32,33)22-10-8-19(26)9-11-22)18-35-25(31)28-16-12-20(13-17-28)27-14-3-2-4-15-27/h8-11,20-21,23H,2-7,12-18H2,1H3. The van der Waals surface area contributed by atoms with Crippen molar-refractivity contribution in [2.24, 2.45) is 0 Å². The van der Waals surface area contributed by atoms with Gasteiger partial charge < -0.3 is 19.3 Å². The van der Waals surface area contributed by atoms with Crippen molar-refractivity contribution in [3.63, 3.8) is 0 Å². The Morgan fingerprint density at radius 3 is 2.25 bits per heavy atom. The zero-order valence-electron chi connectivity index (χ0n) is 20.8. The van der Waals surface area contributed by atoms with Crippen molar-refractivity contribution in [2.45, 2.75) is 74.4 Å². The summed E-state index contributed by atoms with van der Waals surface area (Å²) in [5.74, 6) is -0.622. The van der Waals surface area contributed by atoms with Gasteiger partial charge in [0.1, 0.15) is 12.6 Å². The monoisotopic (exact) mass is 541 g/mol. The number of carbonyl (C=O) groups excluding carboxylic acids is 2. The number of rotatable bonds is 6. The normalized spacial score (nSPS) is 24.9. The van der Waals surface area contributed by atoms with Crippen LogP contribution in [0.2, 0.25) is 5.02 Å². The quantitative estimate of drug-likeness (QED) is 0.508. The summed E-state index contributed by atoms with van der Waals surface area (Å²) in [4.78, 5) is 29.7. The second-order valence-electron chi connectivity index (χ2n) is 9.80. The summed E-state index contributed by atoms with van der Waals surface area (Å²) in [6.07, 6.45) is 6.62. The third kappa shape index (κ3) is 6.15. The van der Waals surface area contributed by atoms with Gasteiger partial charge in [0.15, 0.2) is 0 Å². The van der Waals surface area contributed by atoms with Crippen LogP contribution < -0.4 is 0 Å². The van der Waals surface area contributed by atoms with Gasteiger partial charge in [-0.3, -0.25) is 4.79 Å². The number of sulfonamides is 1. The molecule has 3 heterocycles. The first-order valence-electron chi connectivity index (χ1n) is 12.8. The van der Waals surface area contributed by atoms with Gasteiger partial charge in [0.25, 0.3) is 0 Å². The fraction of sp³-hybridized carbons (Fsp3) is 0.680. The maximum atomic E-state index is 13.6. The van der Waals surface area contributed by atoms with Crippen LogP contribution in [0.1, 0.15) is 51.4 Å². The number of ether oxygens (including phenoxy) is 2. The molecule has 0 spiro atoms. The number of piperidine rings is 3. The Bertz CT molecular complexity index is 1010. The Hall–Kier alpha value is -1.88. The van der Waals surface area contributed by atoms with E-state index in [-0.39, 0.29) is 11.5 Å². The van der Waals surface area contributed by atoms with Crippen LogP contribution in [0.3, 0.4) is 0 Å². The van der Waals surface area contributed by atoms with Crippen molar-refractivity contribution in [3.05, 3.63) is 29.3 Å². The molecule has 0 aliphatic carbocycles. The lowest BCUT2D eigenvalue weighted by Crippen LogP contribution is -2.55. The highest BCUT2D eigenvalue weighted by atomic mass is 35.5. The molecule has 0 radical (unpaired) electrons. The number of esters is 1. The predicted octanol–water partition coefficient (Wildman–Crippen LogP) is 3.51. The zero-order valence-corrected chi connectivity index (χ0v) is 22.4. The number of methoxy groups -OCH3 is 1. The molecule has 0 aromatic heterocycles. The van der Waals surface area contributed by atoms with Gasteiger partial charge in [-0.05, 0) is 82.3 Å². The molecule has 0 bridgehead atoms. The molecule has 4 rings (SSSR count). The summed E-state index contributed by atoms with van der Waals surface area (Å²) in [5.41, 5.74) is 0. The fourth-order valence-electron chi connectivity index (χ4n) is 5.62. The van der Waals surface area contributed by atoms with Crippen molar-refractivity contribution in [2.75, 3.05) is 39.9 Å². The molecule has 1 aromatic rings. The van der Waals surface area contributed by atoms with E-state index in [4.69, 9.17) is 21.1 Å². The first-order valence-corrected chi connectivity index (χ1v) is 14.7. The van der Waals surface area contributed by atoms with Gasteiger partial charge in [0.05, 0.1) is 18.0 Å². The van der Waals surface area contributed by atoms with E-state index in [0.29, 0.717) is 43.4 Å². The largest absolute Gasteiger partial charge is 0.468 e. The lowest BCUT2D eigenvalue weighted by molar-refractivity contribution is -0.147. The maximum Gasteiger partial charge on any atom is 0.409 e. The molecule has 2 unspecified atom stereocenters. The molecule has 36 heavy (non-hydrogen) atoms. The number of nitrogens with zero attached hydrogens (tertiary/aromatic N) is 3. The molecule has 3 fully saturated rings. The van der Waals surface area contributed by atoms with Gasteiger partial charge in [-0.2, -0.15) is 4.31 Å². The van der Waals surface area contributed by atoms with Crippen LogP contribution in [0.25, 0.3) is 0 Å². The molecule has 0 saturated carbocycles. The maximum absolute atomic E-state index is 13.6. The molecule has 3 aliphatic rings. The number of benzene rings is 1. The minimum atomic E-state index is -4.06. The number of hydrogen-bond acceptors (Lipinski definition) is 7. The lowest BCUT2D eigenvalue weighted by atomic mass is 9.99. The van der Waals surface area contributed by atoms with E-state index in [1.54, 1.807) is 4.90 Å². The average Bonchev–Trinajstić information content (AvgIpc) is 2.91. The molecule has 1 aromatic carbocycles. The number of amides is 1. The molecule has 1 amide bonds. The van der Waals surface area contributed by atoms with Gasteiger partial charge in [-0.1, -0.05) is 18.0 Å². The lowest BCUT2D eigenvalue weighted by Gasteiger charge is -2.41. The van der Waals surface area contributed by atoms with E-state index in [2.05, 4.69) is 4.90 Å². The molecule has 3 aliphatic heterocycles. The van der Waals surface area contributed by atoms with Crippen LogP contribution in [0.15, 0.2) is 29.2 Å². The molecular formula is C25H36ClN3O6S. The first kappa shape index (κ1) is 27.2. The van der Waals surface area contributed by atoms with Gasteiger partial charge in [0.2, 0.25) is 10.0 Å². The van der Waals surface area contributed by atoms with Crippen LogP contribution in [0.4, 0.5) is 4.79 Å². The van der Waals surface area contributed by atoms with Crippen LogP contribution in [-0.2, 0) is 24.3 Å². The van der Waals surface area contributed by atoms with Crippen molar-refractivity contribution in [1.82, 2.24) is 14.1 Å². The van der Waals surface area contributed by atoms with Crippen molar-refractivity contribution in [1.29, 1.82) is 0 Å². The molecule has 9 nitrogen and oxygen atoms in total. The van der Waals surface area contributed by atoms with E-state index in [0.717, 1.165) is 25.9 Å². The smallest absolute Gasteiger partial charge is 0.409 e. The molecule has 200 valence electrons. The highest BCUT2D eigenvalue weighted by molar-refractivity contribution is 7.89. The number of likely N-dealkylation sites (tertiary alicyclic amines) is 2. The minimum absolute atomic E-state index is 0.0267. The number of hydrogen-bond donors (Lipinski definition) is 0. The fourth-order valence-corrected chi connectivity index (χ4v) is 7.55. The average molecular weight is 542 g/mol. The van der Waals surface area contributed by atoms with E-state index in [1.807, 2.05) is 0 Å². The molecule has 3 saturated heterocycles. The summed E-state index contributed by atoms with van der Waals surface area (Å²) in [7, 11) is -2.82. The van der Waals surface area contributed by atoms with Crippen molar-refractivity contribution < 1.29 is 27.5 Å². The van der Waals surface area contributed by atoms with Crippen LogP contribution >= 0.6 is 11.6 Å². The van der Waals surface area contributed by atoms with Gasteiger partial charge in [-0.25, -0.2) is 13.2 Å². The van der Waals surface area contributed by atoms with E-state index < -0.39 is 34.2 Å². The van der Waals surface area contributed by atoms with Crippen LogP contribution in [-0.4, -0.2) is 92.6 Å². The first-order chi connectivity index (χ1) is 17.3. The Morgan fingerprint density at radius 1 is 0.944 bits per heavy atom. The van der Waals surface area contributed by atoms with E-state index in [1.165, 1.54) is 54.9 Å². The Kier molecular flexibility index (Phi) is 9.14. The van der Waals surface area contributed by atoms with Gasteiger partial charge in [0, 0.05) is 24.2 Å². The SMILES string of the molecule is COC(=O)C1CCCC(COC(=O)N2CCC(N3CCCCC3)CC2)N1S(=O)(=O)c1ccc(Cl)cc1. The van der Waals surface area contributed by atoms with Crippen molar-refractivity contribution in [3.8, 4) is 0 Å². The summed E-state index contributed by atoms with van der Waals surface area (Å²) in [6, 6.07) is 4.68. The molecule has 2 atom stereocenters. The second kappa shape index (κ2) is 12.1. The highest BCUT2D eigenvalue weighted by Gasteiger charge is 2.44. The van der Waals surface area contributed by atoms with Gasteiger partial charge in [-0.15, -0.1) is 0 Å². The van der Waals surface area contributed by atoms with E-state index in [9.17, 15) is 18.0 Å². The van der Waals surface area contributed by atoms with Crippen LogP contribution in [0.5, 0.6) is 0 Å². The molecular weight excluding hydrogens is 506 g/mol. The summed E-state index contributed by atoms with van der Waals surface area (Å²) in [6.45, 7) is 3.40. The third-order valence-electron chi connectivity index (χ3n) is 7.57. The van der Waals surface area contributed by atoms with Gasteiger partial charge >= 0.3 is 12.1 Å². The number of carbonyl (C=O) groups is 2. The molecule has 11 heteroatoms. The Morgan fingerprint density at radius 2 is 1.61 bits per heavy atom. The number of halogens is 1. The summed E-state index contributed by atoms with van der Waals surface area (Å²) >= 11 is 5.94. The zero-order chi connectivity index (χ0) is 25.7. The summed E-state index contributed by atoms with van der Waals surface area (Å²) in [5, 5.41) is 0.409. The Labute approximate surface area is 218 Å². The molecule has 0 N–H and O–H groups in total.